The Morgan fingerprint density at radius 1 is 1.21 bits per heavy atom. The third-order valence-electron chi connectivity index (χ3n) is 3.73. The normalized spacial score (nSPS) is 22.4. The lowest BCUT2D eigenvalue weighted by atomic mass is 10.1. The van der Waals surface area contributed by atoms with E-state index in [4.69, 9.17) is 9.47 Å². The van der Waals surface area contributed by atoms with Crippen LogP contribution in [0.5, 0.6) is 11.5 Å². The van der Waals surface area contributed by atoms with Crippen molar-refractivity contribution in [2.24, 2.45) is 5.92 Å². The van der Waals surface area contributed by atoms with Crippen LogP contribution in [0.25, 0.3) is 0 Å². The van der Waals surface area contributed by atoms with Crippen LogP contribution in [0.4, 0.5) is 0 Å². The molecule has 2 N–H and O–H groups in total. The minimum Gasteiger partial charge on any atom is -0.497 e. The number of rotatable bonds is 7. The fraction of sp³-hybridized carbons (Fsp3) is 0.600. The van der Waals surface area contributed by atoms with Gasteiger partial charge in [0.05, 0.1) is 7.11 Å². The second kappa shape index (κ2) is 7.36. The van der Waals surface area contributed by atoms with Crippen LogP contribution in [0.15, 0.2) is 24.3 Å². The van der Waals surface area contributed by atoms with Crippen LogP contribution >= 0.6 is 0 Å². The summed E-state index contributed by atoms with van der Waals surface area (Å²) in [6.45, 7) is 1.74. The molecule has 106 valence electrons. The van der Waals surface area contributed by atoms with E-state index >= 15 is 0 Å². The highest BCUT2D eigenvalue weighted by atomic mass is 16.5. The molecule has 0 heterocycles. The molecule has 1 saturated carbocycles. The van der Waals surface area contributed by atoms with Crippen LogP contribution in [0, 0.1) is 5.92 Å². The summed E-state index contributed by atoms with van der Waals surface area (Å²) in [7, 11) is 1.65. The second-order valence-electron chi connectivity index (χ2n) is 4.96. The maximum absolute atomic E-state index is 9.24. The summed E-state index contributed by atoms with van der Waals surface area (Å²) in [5.74, 6) is 2.11. The zero-order valence-electron chi connectivity index (χ0n) is 11.5. The first-order valence-corrected chi connectivity index (χ1v) is 6.94. The Morgan fingerprint density at radius 3 is 2.63 bits per heavy atom. The SMILES string of the molecule is COc1ccc(OCCNC2CCCC2CO)cc1. The Balaban J connectivity index is 1.66. The van der Waals surface area contributed by atoms with Crippen molar-refractivity contribution in [1.29, 1.82) is 0 Å². The topological polar surface area (TPSA) is 50.7 Å². The largest absolute Gasteiger partial charge is 0.497 e. The maximum Gasteiger partial charge on any atom is 0.119 e. The van der Waals surface area contributed by atoms with Crippen LogP contribution in [0.2, 0.25) is 0 Å². The van der Waals surface area contributed by atoms with Gasteiger partial charge in [0.1, 0.15) is 18.1 Å². The van der Waals surface area contributed by atoms with Gasteiger partial charge in [-0.15, -0.1) is 0 Å². The van der Waals surface area contributed by atoms with E-state index in [1.165, 1.54) is 6.42 Å². The van der Waals surface area contributed by atoms with Crippen molar-refractivity contribution >= 4 is 0 Å². The molecule has 19 heavy (non-hydrogen) atoms. The van der Waals surface area contributed by atoms with Crippen LogP contribution in [-0.4, -0.2) is 38.0 Å². The standard InChI is InChI=1S/C15H23NO3/c1-18-13-5-7-14(8-6-13)19-10-9-16-15-4-2-3-12(15)11-17/h5-8,12,15-17H,2-4,9-11H2,1H3. The summed E-state index contributed by atoms with van der Waals surface area (Å²) in [5.41, 5.74) is 0. The van der Waals surface area contributed by atoms with E-state index in [1.54, 1.807) is 7.11 Å². The Morgan fingerprint density at radius 2 is 1.95 bits per heavy atom. The molecular formula is C15H23NO3. The number of nitrogens with one attached hydrogen (secondary N) is 1. The Hall–Kier alpha value is -1.26. The fourth-order valence-electron chi connectivity index (χ4n) is 2.61. The molecule has 0 aliphatic heterocycles. The highest BCUT2D eigenvalue weighted by Crippen LogP contribution is 2.24. The molecule has 1 aliphatic carbocycles. The third-order valence-corrected chi connectivity index (χ3v) is 3.73. The van der Waals surface area contributed by atoms with Gasteiger partial charge in [-0.25, -0.2) is 0 Å². The lowest BCUT2D eigenvalue weighted by molar-refractivity contribution is 0.201. The Bertz CT molecular complexity index is 366. The Kier molecular flexibility index (Phi) is 5.48. The predicted octanol–water partition coefficient (Wildman–Crippen LogP) is 1.82. The molecule has 1 fully saturated rings. The molecule has 2 rings (SSSR count). The van der Waals surface area contributed by atoms with Crippen molar-refractivity contribution in [3.05, 3.63) is 24.3 Å². The molecular weight excluding hydrogens is 242 g/mol. The minimum atomic E-state index is 0.289. The fourth-order valence-corrected chi connectivity index (χ4v) is 2.61. The third kappa shape index (κ3) is 4.11. The molecule has 4 nitrogen and oxygen atoms in total. The molecule has 0 saturated heterocycles. The molecule has 0 amide bonds. The molecule has 2 atom stereocenters. The highest BCUT2D eigenvalue weighted by Gasteiger charge is 2.25. The monoisotopic (exact) mass is 265 g/mol. The zero-order chi connectivity index (χ0) is 13.5. The van der Waals surface area contributed by atoms with E-state index in [1.807, 2.05) is 24.3 Å². The van der Waals surface area contributed by atoms with Crippen molar-refractivity contribution in [2.75, 3.05) is 26.9 Å². The van der Waals surface area contributed by atoms with Gasteiger partial charge in [-0.1, -0.05) is 6.42 Å². The van der Waals surface area contributed by atoms with Gasteiger partial charge in [-0.3, -0.25) is 0 Å². The maximum atomic E-state index is 9.24. The molecule has 0 radical (unpaired) electrons. The quantitative estimate of drug-likeness (QED) is 0.738. The number of aliphatic hydroxyl groups excluding tert-OH is 1. The zero-order valence-corrected chi connectivity index (χ0v) is 11.5. The van der Waals surface area contributed by atoms with Gasteiger partial charge in [0, 0.05) is 19.2 Å². The van der Waals surface area contributed by atoms with Gasteiger partial charge < -0.3 is 19.9 Å². The summed E-state index contributed by atoms with van der Waals surface area (Å²) in [6.07, 6.45) is 3.50. The van der Waals surface area contributed by atoms with Crippen LogP contribution in [0.1, 0.15) is 19.3 Å². The molecule has 1 aromatic rings. The van der Waals surface area contributed by atoms with Crippen molar-refractivity contribution in [1.82, 2.24) is 5.32 Å². The first kappa shape index (κ1) is 14.2. The predicted molar refractivity (Wildman–Crippen MR) is 74.7 cm³/mol. The molecule has 0 spiro atoms. The summed E-state index contributed by atoms with van der Waals surface area (Å²) < 4.78 is 10.7. The van der Waals surface area contributed by atoms with E-state index in [2.05, 4.69) is 5.32 Å². The van der Waals surface area contributed by atoms with E-state index in [9.17, 15) is 5.11 Å². The average Bonchev–Trinajstić information content (AvgIpc) is 2.91. The van der Waals surface area contributed by atoms with E-state index < -0.39 is 0 Å². The lowest BCUT2D eigenvalue weighted by Gasteiger charge is -2.19. The molecule has 4 heteroatoms. The number of hydrogen-bond donors (Lipinski definition) is 2. The smallest absolute Gasteiger partial charge is 0.119 e. The highest BCUT2D eigenvalue weighted by molar-refractivity contribution is 5.31. The van der Waals surface area contributed by atoms with E-state index in [0.29, 0.717) is 18.6 Å². The van der Waals surface area contributed by atoms with Gasteiger partial charge in [0.2, 0.25) is 0 Å². The van der Waals surface area contributed by atoms with Gasteiger partial charge in [-0.2, -0.15) is 0 Å². The van der Waals surface area contributed by atoms with Crippen LogP contribution in [-0.2, 0) is 0 Å². The van der Waals surface area contributed by atoms with Crippen LogP contribution < -0.4 is 14.8 Å². The summed E-state index contributed by atoms with van der Waals surface area (Å²) in [5, 5.41) is 12.7. The number of aliphatic hydroxyl groups is 1. The Labute approximate surface area is 114 Å². The average molecular weight is 265 g/mol. The first-order chi connectivity index (χ1) is 9.33. The minimum absolute atomic E-state index is 0.289. The van der Waals surface area contributed by atoms with Gasteiger partial charge in [0.25, 0.3) is 0 Å². The number of methoxy groups -OCH3 is 1. The van der Waals surface area contributed by atoms with Crippen LogP contribution in [0.3, 0.4) is 0 Å². The van der Waals surface area contributed by atoms with Gasteiger partial charge in [-0.05, 0) is 43.0 Å². The van der Waals surface area contributed by atoms with Gasteiger partial charge in [0.15, 0.2) is 0 Å². The van der Waals surface area contributed by atoms with E-state index in [0.717, 1.165) is 30.9 Å². The lowest BCUT2D eigenvalue weighted by Crippen LogP contribution is -2.36. The first-order valence-electron chi connectivity index (χ1n) is 6.94. The second-order valence-corrected chi connectivity index (χ2v) is 4.96. The summed E-state index contributed by atoms with van der Waals surface area (Å²) >= 11 is 0. The van der Waals surface area contributed by atoms with Crippen molar-refractivity contribution < 1.29 is 14.6 Å². The molecule has 0 bridgehead atoms. The number of benzene rings is 1. The number of ether oxygens (including phenoxy) is 2. The van der Waals surface area contributed by atoms with Gasteiger partial charge >= 0.3 is 0 Å². The molecule has 1 aromatic carbocycles. The van der Waals surface area contributed by atoms with Crippen molar-refractivity contribution in [2.45, 2.75) is 25.3 Å². The summed E-state index contributed by atoms with van der Waals surface area (Å²) in [4.78, 5) is 0. The van der Waals surface area contributed by atoms with E-state index in [-0.39, 0.29) is 6.61 Å². The van der Waals surface area contributed by atoms with Crippen molar-refractivity contribution in [3.63, 3.8) is 0 Å². The summed E-state index contributed by atoms with van der Waals surface area (Å²) in [6, 6.07) is 8.04. The molecule has 1 aliphatic rings. The number of hydrogen-bond acceptors (Lipinski definition) is 4. The molecule has 0 aromatic heterocycles. The van der Waals surface area contributed by atoms with Crippen molar-refractivity contribution in [3.8, 4) is 11.5 Å². The molecule has 2 unspecified atom stereocenters.